The SMILES string of the molecule is O=C1Nc2cc(C(=O)O)ccc2C1=C(NC1CCCCC1)c1ccccc1. The van der Waals surface area contributed by atoms with E-state index in [0.29, 0.717) is 17.3 Å². The number of carbonyl (C=O) groups excluding carboxylic acids is 1. The fourth-order valence-corrected chi connectivity index (χ4v) is 3.91. The second-order valence-corrected chi connectivity index (χ2v) is 7.11. The molecule has 138 valence electrons. The van der Waals surface area contributed by atoms with Crippen LogP contribution in [0.2, 0.25) is 0 Å². The van der Waals surface area contributed by atoms with Gasteiger partial charge in [-0.15, -0.1) is 0 Å². The highest BCUT2D eigenvalue weighted by Crippen LogP contribution is 2.37. The highest BCUT2D eigenvalue weighted by atomic mass is 16.4. The Morgan fingerprint density at radius 1 is 1.00 bits per heavy atom. The van der Waals surface area contributed by atoms with Crippen molar-refractivity contribution in [1.82, 2.24) is 5.32 Å². The number of carbonyl (C=O) groups is 2. The van der Waals surface area contributed by atoms with Crippen molar-refractivity contribution in [3.63, 3.8) is 0 Å². The van der Waals surface area contributed by atoms with Crippen LogP contribution in [0.15, 0.2) is 48.5 Å². The van der Waals surface area contributed by atoms with Gasteiger partial charge < -0.3 is 15.7 Å². The molecule has 0 saturated heterocycles. The number of rotatable bonds is 4. The number of hydrogen-bond acceptors (Lipinski definition) is 3. The topological polar surface area (TPSA) is 78.4 Å². The van der Waals surface area contributed by atoms with Crippen molar-refractivity contribution in [2.45, 2.75) is 38.1 Å². The Hall–Kier alpha value is -3.08. The molecule has 1 amide bonds. The largest absolute Gasteiger partial charge is 0.478 e. The lowest BCUT2D eigenvalue weighted by Crippen LogP contribution is -2.31. The van der Waals surface area contributed by atoms with E-state index < -0.39 is 5.97 Å². The first-order chi connectivity index (χ1) is 13.1. The number of hydrogen-bond donors (Lipinski definition) is 3. The standard InChI is InChI=1S/C22H22N2O3/c25-21-19(17-12-11-15(22(26)27)13-18(17)24-21)20(14-7-3-1-4-8-14)23-16-9-5-2-6-10-16/h1,3-4,7-8,11-13,16,23H,2,5-6,9-10H2,(H,24,25)(H,26,27). The smallest absolute Gasteiger partial charge is 0.335 e. The summed E-state index contributed by atoms with van der Waals surface area (Å²) in [6, 6.07) is 15.0. The van der Waals surface area contributed by atoms with Crippen molar-refractivity contribution in [2.24, 2.45) is 0 Å². The van der Waals surface area contributed by atoms with Crippen LogP contribution < -0.4 is 10.6 Å². The maximum Gasteiger partial charge on any atom is 0.335 e. The summed E-state index contributed by atoms with van der Waals surface area (Å²) in [5.41, 5.74) is 3.82. The monoisotopic (exact) mass is 362 g/mol. The highest BCUT2D eigenvalue weighted by Gasteiger charge is 2.30. The molecule has 2 aromatic carbocycles. The van der Waals surface area contributed by atoms with Gasteiger partial charge in [-0.25, -0.2) is 4.79 Å². The van der Waals surface area contributed by atoms with Crippen molar-refractivity contribution in [1.29, 1.82) is 0 Å². The molecule has 0 bridgehead atoms. The van der Waals surface area contributed by atoms with Crippen molar-refractivity contribution < 1.29 is 14.7 Å². The van der Waals surface area contributed by atoms with E-state index in [4.69, 9.17) is 0 Å². The van der Waals surface area contributed by atoms with Gasteiger partial charge in [0.15, 0.2) is 0 Å². The fraction of sp³-hybridized carbons (Fsp3) is 0.273. The van der Waals surface area contributed by atoms with E-state index in [-0.39, 0.29) is 11.5 Å². The Kier molecular flexibility index (Phi) is 4.67. The number of fused-ring (bicyclic) bond motifs is 1. The number of carboxylic acids is 1. The first-order valence-electron chi connectivity index (χ1n) is 9.39. The summed E-state index contributed by atoms with van der Waals surface area (Å²) >= 11 is 0. The Bertz CT molecular complexity index is 912. The number of anilines is 1. The fourth-order valence-electron chi connectivity index (χ4n) is 3.91. The van der Waals surface area contributed by atoms with Crippen molar-refractivity contribution >= 4 is 28.8 Å². The molecule has 5 heteroatoms. The van der Waals surface area contributed by atoms with Gasteiger partial charge in [0.05, 0.1) is 22.5 Å². The Morgan fingerprint density at radius 2 is 1.74 bits per heavy atom. The van der Waals surface area contributed by atoms with Gasteiger partial charge in [-0.1, -0.05) is 55.7 Å². The summed E-state index contributed by atoms with van der Waals surface area (Å²) in [4.78, 5) is 24.1. The average Bonchev–Trinajstić information content (AvgIpc) is 3.02. The first kappa shape index (κ1) is 17.3. The summed E-state index contributed by atoms with van der Waals surface area (Å²) in [5.74, 6) is -1.21. The highest BCUT2D eigenvalue weighted by molar-refractivity contribution is 6.36. The first-order valence-corrected chi connectivity index (χ1v) is 9.39. The van der Waals surface area contributed by atoms with Gasteiger partial charge in [0.25, 0.3) is 5.91 Å². The summed E-state index contributed by atoms with van der Waals surface area (Å²) in [6.07, 6.45) is 5.84. The van der Waals surface area contributed by atoms with Crippen molar-refractivity contribution in [3.8, 4) is 0 Å². The van der Waals surface area contributed by atoms with Crippen LogP contribution in [0.25, 0.3) is 11.3 Å². The number of nitrogens with one attached hydrogen (secondary N) is 2. The van der Waals surface area contributed by atoms with Gasteiger partial charge in [0.2, 0.25) is 0 Å². The zero-order valence-electron chi connectivity index (χ0n) is 15.0. The number of carboxylic acid groups (broad SMARTS) is 1. The third kappa shape index (κ3) is 3.45. The van der Waals surface area contributed by atoms with Gasteiger partial charge in [-0.2, -0.15) is 0 Å². The molecular formula is C22H22N2O3. The van der Waals surface area contributed by atoms with Gasteiger partial charge >= 0.3 is 5.97 Å². The second kappa shape index (κ2) is 7.27. The van der Waals surface area contributed by atoms with Crippen LogP contribution in [0.1, 0.15) is 53.6 Å². The minimum Gasteiger partial charge on any atom is -0.478 e. The van der Waals surface area contributed by atoms with E-state index in [1.165, 1.54) is 25.3 Å². The van der Waals surface area contributed by atoms with Gasteiger partial charge in [0.1, 0.15) is 0 Å². The van der Waals surface area contributed by atoms with E-state index >= 15 is 0 Å². The average molecular weight is 362 g/mol. The van der Waals surface area contributed by atoms with Crippen LogP contribution in [0.3, 0.4) is 0 Å². The minimum absolute atomic E-state index is 0.164. The van der Waals surface area contributed by atoms with Crippen LogP contribution in [0.5, 0.6) is 0 Å². The van der Waals surface area contributed by atoms with Gasteiger partial charge in [0, 0.05) is 11.6 Å². The number of benzene rings is 2. The third-order valence-electron chi connectivity index (χ3n) is 5.28. The molecule has 3 N–H and O–H groups in total. The van der Waals surface area contributed by atoms with Crippen LogP contribution in [0.4, 0.5) is 5.69 Å². The van der Waals surface area contributed by atoms with E-state index in [2.05, 4.69) is 10.6 Å². The van der Waals surface area contributed by atoms with Crippen LogP contribution >= 0.6 is 0 Å². The lowest BCUT2D eigenvalue weighted by Gasteiger charge is -2.26. The maximum atomic E-state index is 12.8. The molecule has 4 rings (SSSR count). The molecule has 0 unspecified atom stereocenters. The minimum atomic E-state index is -1.01. The van der Waals surface area contributed by atoms with Crippen LogP contribution in [-0.2, 0) is 4.79 Å². The summed E-state index contributed by atoms with van der Waals surface area (Å²) < 4.78 is 0. The molecule has 1 heterocycles. The van der Waals surface area contributed by atoms with Crippen molar-refractivity contribution in [2.75, 3.05) is 5.32 Å². The molecule has 5 nitrogen and oxygen atoms in total. The molecule has 0 atom stereocenters. The van der Waals surface area contributed by atoms with E-state index in [9.17, 15) is 14.7 Å². The van der Waals surface area contributed by atoms with Gasteiger partial charge in [-0.05, 0) is 30.5 Å². The maximum absolute atomic E-state index is 12.8. The molecule has 1 aliphatic heterocycles. The van der Waals surface area contributed by atoms with Gasteiger partial charge in [-0.3, -0.25) is 4.79 Å². The summed E-state index contributed by atoms with van der Waals surface area (Å²) in [5, 5.41) is 15.7. The van der Waals surface area contributed by atoms with Crippen molar-refractivity contribution in [3.05, 3.63) is 65.2 Å². The van der Waals surface area contributed by atoms with Crippen LogP contribution in [-0.4, -0.2) is 23.0 Å². The molecule has 1 saturated carbocycles. The lowest BCUT2D eigenvalue weighted by molar-refractivity contribution is -0.110. The van der Waals surface area contributed by atoms with E-state index in [1.54, 1.807) is 12.1 Å². The Morgan fingerprint density at radius 3 is 2.44 bits per heavy atom. The normalized spacial score (nSPS) is 18.6. The van der Waals surface area contributed by atoms with Crippen LogP contribution in [0, 0.1) is 0 Å². The molecule has 0 radical (unpaired) electrons. The Labute approximate surface area is 158 Å². The molecule has 27 heavy (non-hydrogen) atoms. The third-order valence-corrected chi connectivity index (χ3v) is 5.28. The summed E-state index contributed by atoms with van der Waals surface area (Å²) in [6.45, 7) is 0. The molecule has 0 spiro atoms. The number of amides is 1. The Balaban J connectivity index is 1.82. The lowest BCUT2D eigenvalue weighted by atomic mass is 9.93. The zero-order valence-corrected chi connectivity index (χ0v) is 15.0. The molecule has 2 aromatic rings. The zero-order chi connectivity index (χ0) is 18.8. The molecule has 2 aliphatic rings. The quantitative estimate of drug-likeness (QED) is 0.715. The molecular weight excluding hydrogens is 340 g/mol. The van der Waals surface area contributed by atoms with E-state index in [1.807, 2.05) is 30.3 Å². The number of aromatic carboxylic acids is 1. The molecule has 0 aromatic heterocycles. The second-order valence-electron chi connectivity index (χ2n) is 7.11. The predicted molar refractivity (Wildman–Crippen MR) is 105 cm³/mol. The van der Waals surface area contributed by atoms with E-state index in [0.717, 1.165) is 29.7 Å². The summed E-state index contributed by atoms with van der Waals surface area (Å²) in [7, 11) is 0. The molecule has 1 fully saturated rings. The predicted octanol–water partition coefficient (Wildman–Crippen LogP) is 4.13. The molecule has 1 aliphatic carbocycles.